The zero-order valence-corrected chi connectivity index (χ0v) is 12.9. The zero-order valence-electron chi connectivity index (χ0n) is 12.9. The fourth-order valence-corrected chi connectivity index (χ4v) is 2.62. The molecule has 1 heterocycles. The predicted octanol–water partition coefficient (Wildman–Crippen LogP) is 3.36. The number of amides is 2. The molecule has 0 aromatic heterocycles. The SMILES string of the molecule is Cc1ccc(C(C)Nc2ccc3c(c2)C(=O)NC3=O)cc1C. The number of benzene rings is 2. The van der Waals surface area contributed by atoms with Gasteiger partial charge in [0.25, 0.3) is 11.8 Å². The summed E-state index contributed by atoms with van der Waals surface area (Å²) in [7, 11) is 0. The van der Waals surface area contributed by atoms with E-state index < -0.39 is 0 Å². The van der Waals surface area contributed by atoms with Crippen LogP contribution in [0.4, 0.5) is 5.69 Å². The van der Waals surface area contributed by atoms with Crippen LogP contribution in [-0.2, 0) is 0 Å². The summed E-state index contributed by atoms with van der Waals surface area (Å²) in [5, 5.41) is 5.68. The summed E-state index contributed by atoms with van der Waals surface area (Å²) >= 11 is 0. The highest BCUT2D eigenvalue weighted by atomic mass is 16.2. The minimum absolute atomic E-state index is 0.109. The molecule has 0 saturated carbocycles. The van der Waals surface area contributed by atoms with E-state index in [0.29, 0.717) is 11.1 Å². The molecule has 2 aromatic carbocycles. The van der Waals surface area contributed by atoms with Gasteiger partial charge in [0.15, 0.2) is 0 Å². The normalized spacial score (nSPS) is 14.5. The van der Waals surface area contributed by atoms with Gasteiger partial charge in [-0.25, -0.2) is 0 Å². The summed E-state index contributed by atoms with van der Waals surface area (Å²) in [6.45, 7) is 6.26. The van der Waals surface area contributed by atoms with E-state index in [9.17, 15) is 9.59 Å². The second kappa shape index (κ2) is 5.30. The molecule has 0 spiro atoms. The highest BCUT2D eigenvalue weighted by Gasteiger charge is 2.26. The summed E-state index contributed by atoms with van der Waals surface area (Å²) in [5.41, 5.74) is 5.41. The molecule has 22 heavy (non-hydrogen) atoms. The Morgan fingerprint density at radius 2 is 1.64 bits per heavy atom. The van der Waals surface area contributed by atoms with Crippen molar-refractivity contribution >= 4 is 17.5 Å². The number of aryl methyl sites for hydroxylation is 2. The van der Waals surface area contributed by atoms with Gasteiger partial charge >= 0.3 is 0 Å². The number of fused-ring (bicyclic) bond motifs is 1. The lowest BCUT2D eigenvalue weighted by Crippen LogP contribution is -2.19. The third kappa shape index (κ3) is 2.48. The molecule has 3 rings (SSSR count). The molecule has 1 atom stereocenters. The maximum Gasteiger partial charge on any atom is 0.259 e. The highest BCUT2D eigenvalue weighted by molar-refractivity contribution is 6.21. The Labute approximate surface area is 129 Å². The van der Waals surface area contributed by atoms with Crippen LogP contribution < -0.4 is 10.6 Å². The number of hydrogen-bond acceptors (Lipinski definition) is 3. The molecular weight excluding hydrogens is 276 g/mol. The van der Waals surface area contributed by atoms with Crippen molar-refractivity contribution < 1.29 is 9.59 Å². The summed E-state index contributed by atoms with van der Waals surface area (Å²) in [6, 6.07) is 11.7. The minimum Gasteiger partial charge on any atom is -0.379 e. The van der Waals surface area contributed by atoms with Gasteiger partial charge in [-0.2, -0.15) is 0 Å². The van der Waals surface area contributed by atoms with Crippen molar-refractivity contribution in [3.63, 3.8) is 0 Å². The van der Waals surface area contributed by atoms with Gasteiger partial charge in [-0.05, 0) is 55.7 Å². The molecule has 2 aromatic rings. The van der Waals surface area contributed by atoms with E-state index in [1.54, 1.807) is 12.1 Å². The van der Waals surface area contributed by atoms with Crippen LogP contribution in [0.5, 0.6) is 0 Å². The Hall–Kier alpha value is -2.62. The molecule has 2 N–H and O–H groups in total. The van der Waals surface area contributed by atoms with E-state index in [-0.39, 0.29) is 17.9 Å². The third-order valence-corrected chi connectivity index (χ3v) is 4.15. The van der Waals surface area contributed by atoms with E-state index in [1.165, 1.54) is 16.7 Å². The third-order valence-electron chi connectivity index (χ3n) is 4.15. The molecule has 0 bridgehead atoms. The fourth-order valence-electron chi connectivity index (χ4n) is 2.62. The van der Waals surface area contributed by atoms with Gasteiger partial charge in [-0.15, -0.1) is 0 Å². The fraction of sp³-hybridized carbons (Fsp3) is 0.222. The Balaban J connectivity index is 1.84. The maximum absolute atomic E-state index is 11.7. The smallest absolute Gasteiger partial charge is 0.259 e. The molecule has 0 aliphatic carbocycles. The molecular formula is C18H18N2O2. The number of imide groups is 1. The van der Waals surface area contributed by atoms with Crippen LogP contribution in [0.25, 0.3) is 0 Å². The van der Waals surface area contributed by atoms with Crippen molar-refractivity contribution in [2.75, 3.05) is 5.32 Å². The van der Waals surface area contributed by atoms with Gasteiger partial charge < -0.3 is 5.32 Å². The van der Waals surface area contributed by atoms with Gasteiger partial charge in [0, 0.05) is 11.7 Å². The standard InChI is InChI=1S/C18H18N2O2/c1-10-4-5-13(8-11(10)2)12(3)19-14-6-7-15-16(9-14)18(22)20-17(15)21/h4-9,12,19H,1-3H3,(H,20,21,22). The van der Waals surface area contributed by atoms with Crippen molar-refractivity contribution in [1.82, 2.24) is 5.32 Å². The first-order valence-corrected chi connectivity index (χ1v) is 7.29. The average Bonchev–Trinajstić information content (AvgIpc) is 2.76. The van der Waals surface area contributed by atoms with Crippen LogP contribution in [0.1, 0.15) is 50.4 Å². The second-order valence-electron chi connectivity index (χ2n) is 5.75. The first kappa shape index (κ1) is 14.3. The van der Waals surface area contributed by atoms with Gasteiger partial charge in [0.05, 0.1) is 11.1 Å². The minimum atomic E-state index is -0.331. The molecule has 2 amide bonds. The van der Waals surface area contributed by atoms with Crippen LogP contribution in [0.15, 0.2) is 36.4 Å². The van der Waals surface area contributed by atoms with Crippen molar-refractivity contribution in [3.05, 3.63) is 64.2 Å². The topological polar surface area (TPSA) is 58.2 Å². The molecule has 0 radical (unpaired) electrons. The van der Waals surface area contributed by atoms with Crippen LogP contribution in [-0.4, -0.2) is 11.8 Å². The molecule has 0 fully saturated rings. The number of carbonyl (C=O) groups is 2. The number of anilines is 1. The lowest BCUT2D eigenvalue weighted by atomic mass is 10.0. The Kier molecular flexibility index (Phi) is 3.45. The summed E-state index contributed by atoms with van der Waals surface area (Å²) in [5.74, 6) is -0.656. The monoisotopic (exact) mass is 294 g/mol. The Morgan fingerprint density at radius 3 is 2.36 bits per heavy atom. The number of rotatable bonds is 3. The molecule has 1 aliphatic heterocycles. The van der Waals surface area contributed by atoms with Gasteiger partial charge in [0.2, 0.25) is 0 Å². The average molecular weight is 294 g/mol. The molecule has 0 saturated heterocycles. The quantitative estimate of drug-likeness (QED) is 0.853. The zero-order chi connectivity index (χ0) is 15.9. The largest absolute Gasteiger partial charge is 0.379 e. The maximum atomic E-state index is 11.7. The van der Waals surface area contributed by atoms with Crippen molar-refractivity contribution in [2.45, 2.75) is 26.8 Å². The van der Waals surface area contributed by atoms with Crippen molar-refractivity contribution in [3.8, 4) is 0 Å². The Bertz CT molecular complexity index is 781. The van der Waals surface area contributed by atoms with Crippen LogP contribution in [0.3, 0.4) is 0 Å². The lowest BCUT2D eigenvalue weighted by Gasteiger charge is -2.17. The van der Waals surface area contributed by atoms with Crippen molar-refractivity contribution in [2.24, 2.45) is 0 Å². The number of carbonyl (C=O) groups excluding carboxylic acids is 2. The number of nitrogens with one attached hydrogen (secondary N) is 2. The first-order chi connectivity index (χ1) is 10.5. The molecule has 4 heteroatoms. The van der Waals surface area contributed by atoms with Crippen LogP contribution >= 0.6 is 0 Å². The van der Waals surface area contributed by atoms with E-state index in [1.807, 2.05) is 6.07 Å². The summed E-state index contributed by atoms with van der Waals surface area (Å²) in [4.78, 5) is 23.3. The van der Waals surface area contributed by atoms with E-state index in [4.69, 9.17) is 0 Å². The van der Waals surface area contributed by atoms with Gasteiger partial charge in [0.1, 0.15) is 0 Å². The highest BCUT2D eigenvalue weighted by Crippen LogP contribution is 2.25. The van der Waals surface area contributed by atoms with Gasteiger partial charge in [-0.1, -0.05) is 18.2 Å². The lowest BCUT2D eigenvalue weighted by molar-refractivity contribution is 0.0879. The number of hydrogen-bond donors (Lipinski definition) is 2. The second-order valence-corrected chi connectivity index (χ2v) is 5.75. The summed E-state index contributed by atoms with van der Waals surface area (Å²) in [6.07, 6.45) is 0. The van der Waals surface area contributed by atoms with Crippen molar-refractivity contribution in [1.29, 1.82) is 0 Å². The van der Waals surface area contributed by atoms with Gasteiger partial charge in [-0.3, -0.25) is 14.9 Å². The molecule has 112 valence electrons. The Morgan fingerprint density at radius 1 is 0.909 bits per heavy atom. The first-order valence-electron chi connectivity index (χ1n) is 7.29. The van der Waals surface area contributed by atoms with Crippen LogP contribution in [0.2, 0.25) is 0 Å². The van der Waals surface area contributed by atoms with Crippen LogP contribution in [0, 0.1) is 13.8 Å². The molecule has 1 aliphatic rings. The molecule has 4 nitrogen and oxygen atoms in total. The van der Waals surface area contributed by atoms with E-state index in [0.717, 1.165) is 5.69 Å². The summed E-state index contributed by atoms with van der Waals surface area (Å²) < 4.78 is 0. The predicted molar refractivity (Wildman–Crippen MR) is 86.2 cm³/mol. The van der Waals surface area contributed by atoms with E-state index >= 15 is 0 Å². The van der Waals surface area contributed by atoms with E-state index in [2.05, 4.69) is 49.6 Å². The molecule has 1 unspecified atom stereocenters.